The van der Waals surface area contributed by atoms with Gasteiger partial charge in [0.2, 0.25) is 5.91 Å². The monoisotopic (exact) mass is 357 g/mol. The van der Waals surface area contributed by atoms with Crippen LogP contribution in [-0.4, -0.2) is 30.9 Å². The van der Waals surface area contributed by atoms with Crippen LogP contribution >= 0.6 is 0 Å². The summed E-state index contributed by atoms with van der Waals surface area (Å²) >= 11 is 0. The van der Waals surface area contributed by atoms with Gasteiger partial charge in [-0.05, 0) is 36.4 Å². The molecular formula is C18H16FN3O4. The van der Waals surface area contributed by atoms with Crippen molar-refractivity contribution in [3.05, 3.63) is 59.9 Å². The summed E-state index contributed by atoms with van der Waals surface area (Å²) in [6, 6.07) is 11.8. The molecule has 26 heavy (non-hydrogen) atoms. The fourth-order valence-corrected chi connectivity index (χ4v) is 2.48. The van der Waals surface area contributed by atoms with Crippen molar-refractivity contribution in [2.45, 2.75) is 6.42 Å². The molecule has 7 nitrogen and oxygen atoms in total. The molecule has 0 radical (unpaired) electrons. The number of nitrogens with one attached hydrogen (secondary N) is 2. The number of rotatable bonds is 3. The summed E-state index contributed by atoms with van der Waals surface area (Å²) in [6.07, 6.45) is 0.143. The highest BCUT2D eigenvalue weighted by Gasteiger charge is 2.25. The van der Waals surface area contributed by atoms with Crippen LogP contribution in [0.25, 0.3) is 0 Å². The Kier molecular flexibility index (Phi) is 5.12. The molecule has 0 aromatic heterocycles. The van der Waals surface area contributed by atoms with E-state index in [1.807, 2.05) is 0 Å². The van der Waals surface area contributed by atoms with E-state index in [2.05, 4.69) is 10.9 Å². The lowest BCUT2D eigenvalue weighted by Crippen LogP contribution is -2.47. The van der Waals surface area contributed by atoms with E-state index >= 15 is 0 Å². The normalized spacial score (nSPS) is 13.3. The summed E-state index contributed by atoms with van der Waals surface area (Å²) in [6.45, 7) is -0.0435. The second-order valence-electron chi connectivity index (χ2n) is 5.56. The van der Waals surface area contributed by atoms with E-state index in [9.17, 15) is 18.8 Å². The number of fused-ring (bicyclic) bond motifs is 1. The SMILES string of the molecule is O=C(CN1C(=O)CCOc2ccccc21)NNC(=O)c1ccc(F)cc1. The smallest absolute Gasteiger partial charge is 0.269 e. The van der Waals surface area contributed by atoms with Crippen molar-refractivity contribution in [3.8, 4) is 5.75 Å². The minimum absolute atomic E-state index is 0.143. The molecule has 0 saturated heterocycles. The van der Waals surface area contributed by atoms with E-state index in [-0.39, 0.29) is 31.0 Å². The average molecular weight is 357 g/mol. The first-order valence-electron chi connectivity index (χ1n) is 7.91. The summed E-state index contributed by atoms with van der Waals surface area (Å²) in [4.78, 5) is 37.6. The minimum atomic E-state index is -0.593. The topological polar surface area (TPSA) is 87.7 Å². The number of benzene rings is 2. The van der Waals surface area contributed by atoms with Crippen molar-refractivity contribution in [2.75, 3.05) is 18.1 Å². The Morgan fingerprint density at radius 3 is 2.58 bits per heavy atom. The Balaban J connectivity index is 1.63. The number of carbonyl (C=O) groups is 3. The maximum atomic E-state index is 12.9. The third kappa shape index (κ3) is 3.97. The van der Waals surface area contributed by atoms with E-state index in [0.29, 0.717) is 11.4 Å². The van der Waals surface area contributed by atoms with Crippen molar-refractivity contribution in [1.82, 2.24) is 10.9 Å². The van der Waals surface area contributed by atoms with Crippen molar-refractivity contribution in [2.24, 2.45) is 0 Å². The molecule has 0 spiro atoms. The standard InChI is InChI=1S/C18H16FN3O4/c19-13-7-5-12(6-8-13)18(25)21-20-16(23)11-22-14-3-1-2-4-15(14)26-10-9-17(22)24/h1-8H,9-11H2,(H,20,23)(H,21,25). The van der Waals surface area contributed by atoms with Gasteiger partial charge in [-0.25, -0.2) is 4.39 Å². The summed E-state index contributed by atoms with van der Waals surface area (Å²) < 4.78 is 18.4. The summed E-state index contributed by atoms with van der Waals surface area (Å²) in [5.74, 6) is -1.38. The van der Waals surface area contributed by atoms with Crippen LogP contribution < -0.4 is 20.5 Å². The third-order valence-electron chi connectivity index (χ3n) is 3.75. The molecule has 1 aliphatic rings. The minimum Gasteiger partial charge on any atom is -0.491 e. The maximum Gasteiger partial charge on any atom is 0.269 e. The molecule has 2 N–H and O–H groups in total. The third-order valence-corrected chi connectivity index (χ3v) is 3.75. The van der Waals surface area contributed by atoms with Crippen molar-refractivity contribution < 1.29 is 23.5 Å². The van der Waals surface area contributed by atoms with Gasteiger partial charge in [-0.1, -0.05) is 12.1 Å². The quantitative estimate of drug-likeness (QED) is 0.813. The number of amides is 3. The molecular weight excluding hydrogens is 341 g/mol. The van der Waals surface area contributed by atoms with E-state index in [1.54, 1.807) is 24.3 Å². The van der Waals surface area contributed by atoms with Gasteiger partial charge in [-0.15, -0.1) is 0 Å². The maximum absolute atomic E-state index is 12.9. The average Bonchev–Trinajstić information content (AvgIpc) is 2.80. The van der Waals surface area contributed by atoms with Gasteiger partial charge in [0.05, 0.1) is 18.7 Å². The summed E-state index contributed by atoms with van der Waals surface area (Å²) in [5.41, 5.74) is 5.17. The molecule has 1 heterocycles. The van der Waals surface area contributed by atoms with Gasteiger partial charge >= 0.3 is 0 Å². The molecule has 3 rings (SSSR count). The van der Waals surface area contributed by atoms with Gasteiger partial charge < -0.3 is 4.74 Å². The Bertz CT molecular complexity index is 839. The highest BCUT2D eigenvalue weighted by molar-refractivity contribution is 6.01. The van der Waals surface area contributed by atoms with Gasteiger partial charge in [-0.3, -0.25) is 30.1 Å². The van der Waals surface area contributed by atoms with E-state index in [0.717, 1.165) is 12.1 Å². The van der Waals surface area contributed by atoms with Crippen LogP contribution in [-0.2, 0) is 9.59 Å². The number of halogens is 1. The van der Waals surface area contributed by atoms with Crippen molar-refractivity contribution in [3.63, 3.8) is 0 Å². The van der Waals surface area contributed by atoms with Crippen LogP contribution in [0.2, 0.25) is 0 Å². The summed E-state index contributed by atoms with van der Waals surface area (Å²) in [5, 5.41) is 0. The zero-order valence-electron chi connectivity index (χ0n) is 13.7. The largest absolute Gasteiger partial charge is 0.491 e. The Hall–Kier alpha value is -3.42. The first-order valence-corrected chi connectivity index (χ1v) is 7.91. The fourth-order valence-electron chi connectivity index (χ4n) is 2.48. The summed E-state index contributed by atoms with van der Waals surface area (Å²) in [7, 11) is 0. The highest BCUT2D eigenvalue weighted by atomic mass is 19.1. The van der Waals surface area contributed by atoms with Crippen LogP contribution in [0, 0.1) is 5.82 Å². The van der Waals surface area contributed by atoms with Gasteiger partial charge in [-0.2, -0.15) is 0 Å². The van der Waals surface area contributed by atoms with E-state index in [1.165, 1.54) is 17.0 Å². The van der Waals surface area contributed by atoms with Gasteiger partial charge in [0.1, 0.15) is 18.1 Å². The Labute approximate surface area is 148 Å². The van der Waals surface area contributed by atoms with Gasteiger partial charge in [0, 0.05) is 5.56 Å². The molecule has 0 unspecified atom stereocenters. The van der Waals surface area contributed by atoms with Crippen LogP contribution in [0.1, 0.15) is 16.8 Å². The number of hydrazine groups is 1. The zero-order valence-corrected chi connectivity index (χ0v) is 13.7. The highest BCUT2D eigenvalue weighted by Crippen LogP contribution is 2.30. The first kappa shape index (κ1) is 17.4. The van der Waals surface area contributed by atoms with Crippen LogP contribution in [0.15, 0.2) is 48.5 Å². The number of hydrogen-bond acceptors (Lipinski definition) is 4. The molecule has 134 valence electrons. The molecule has 2 aromatic rings. The second kappa shape index (κ2) is 7.64. The molecule has 0 bridgehead atoms. The number of hydrogen-bond donors (Lipinski definition) is 2. The number of ether oxygens (including phenoxy) is 1. The molecule has 1 aliphatic heterocycles. The number of nitrogens with zero attached hydrogens (tertiary/aromatic N) is 1. The van der Waals surface area contributed by atoms with Crippen molar-refractivity contribution in [1.29, 1.82) is 0 Å². The molecule has 3 amide bonds. The van der Waals surface area contributed by atoms with Gasteiger partial charge in [0.15, 0.2) is 0 Å². The first-order chi connectivity index (χ1) is 12.5. The van der Waals surface area contributed by atoms with E-state index < -0.39 is 17.6 Å². The van der Waals surface area contributed by atoms with Gasteiger partial charge in [0.25, 0.3) is 11.8 Å². The molecule has 2 aromatic carbocycles. The Morgan fingerprint density at radius 2 is 1.81 bits per heavy atom. The zero-order chi connectivity index (χ0) is 18.5. The molecule has 0 fully saturated rings. The molecule has 8 heteroatoms. The number of para-hydroxylation sites is 2. The lowest BCUT2D eigenvalue weighted by molar-refractivity contribution is -0.124. The van der Waals surface area contributed by atoms with Crippen LogP contribution in [0.5, 0.6) is 5.75 Å². The molecule has 0 saturated carbocycles. The van der Waals surface area contributed by atoms with Crippen LogP contribution in [0.3, 0.4) is 0 Å². The predicted octanol–water partition coefficient (Wildman–Crippen LogP) is 1.40. The number of anilines is 1. The fraction of sp³-hybridized carbons (Fsp3) is 0.167. The second-order valence-corrected chi connectivity index (χ2v) is 5.56. The van der Waals surface area contributed by atoms with Crippen molar-refractivity contribution >= 4 is 23.4 Å². The molecule has 0 aliphatic carbocycles. The lowest BCUT2D eigenvalue weighted by atomic mass is 10.2. The Morgan fingerprint density at radius 1 is 1.08 bits per heavy atom. The number of carbonyl (C=O) groups excluding carboxylic acids is 3. The predicted molar refractivity (Wildman–Crippen MR) is 90.9 cm³/mol. The van der Waals surface area contributed by atoms with E-state index in [4.69, 9.17) is 4.74 Å². The lowest BCUT2D eigenvalue weighted by Gasteiger charge is -2.21. The molecule has 0 atom stereocenters. The van der Waals surface area contributed by atoms with Crippen LogP contribution in [0.4, 0.5) is 10.1 Å².